The number of rotatable bonds is 7. The van der Waals surface area contributed by atoms with Crippen molar-refractivity contribution in [3.63, 3.8) is 0 Å². The molecule has 1 aliphatic heterocycles. The number of hydrogen-bond donors (Lipinski definition) is 3. The highest BCUT2D eigenvalue weighted by Crippen LogP contribution is 2.47. The molecular weight excluding hydrogens is 692 g/mol. The van der Waals surface area contributed by atoms with Crippen LogP contribution in [0.15, 0.2) is 114 Å². The van der Waals surface area contributed by atoms with Gasteiger partial charge in [0, 0.05) is 44.0 Å². The number of carboxylic acids is 3. The Morgan fingerprint density at radius 1 is 0.714 bits per heavy atom. The van der Waals surface area contributed by atoms with Crippen molar-refractivity contribution in [1.82, 2.24) is 0 Å². The van der Waals surface area contributed by atoms with Gasteiger partial charge in [0.05, 0.1) is 12.2 Å². The van der Waals surface area contributed by atoms with Gasteiger partial charge in [0.25, 0.3) is 17.9 Å². The smallest absolute Gasteiger partial charge is 0.302 e. The predicted octanol–water partition coefficient (Wildman–Crippen LogP) is 8.47. The van der Waals surface area contributed by atoms with Gasteiger partial charge >= 0.3 is 5.97 Å². The standard InChI is InChI=1S/C33H31BrO3.3C2H4O2/c1-23(35)36-22-28-19-20-31(33(37-28)26-15-10-16-27(34)21-26)29-17-8-9-18-30(29)32(24-11-4-2-5-12-24)25-13-6-3-7-14-25;3*1-2(3)4/h2-18,21,28,31-33H,19-20,22H2,1H3;3*1H3,(H,3,4)/t28-,31+,33-;;;/m1.../s1. The Balaban J connectivity index is 0.000000603. The molecule has 0 spiro atoms. The summed E-state index contributed by atoms with van der Waals surface area (Å²) in [6.07, 6.45) is 1.49. The molecule has 260 valence electrons. The van der Waals surface area contributed by atoms with Gasteiger partial charge in [0.2, 0.25) is 0 Å². The van der Waals surface area contributed by atoms with Crippen LogP contribution in [0.4, 0.5) is 0 Å². The largest absolute Gasteiger partial charge is 0.481 e. The van der Waals surface area contributed by atoms with E-state index < -0.39 is 17.9 Å². The molecule has 10 heteroatoms. The van der Waals surface area contributed by atoms with E-state index in [1.165, 1.54) is 29.2 Å². The molecule has 1 fully saturated rings. The highest BCUT2D eigenvalue weighted by molar-refractivity contribution is 9.10. The van der Waals surface area contributed by atoms with Crippen LogP contribution in [0.25, 0.3) is 0 Å². The van der Waals surface area contributed by atoms with Gasteiger partial charge in [-0.1, -0.05) is 113 Å². The topological polar surface area (TPSA) is 147 Å². The third-order valence-electron chi connectivity index (χ3n) is 7.13. The summed E-state index contributed by atoms with van der Waals surface area (Å²) in [6.45, 7) is 4.98. The van der Waals surface area contributed by atoms with Crippen molar-refractivity contribution in [2.75, 3.05) is 6.61 Å². The van der Waals surface area contributed by atoms with Gasteiger partial charge in [-0.2, -0.15) is 0 Å². The van der Waals surface area contributed by atoms with Gasteiger partial charge < -0.3 is 24.8 Å². The van der Waals surface area contributed by atoms with E-state index in [1.807, 2.05) is 6.07 Å². The van der Waals surface area contributed by atoms with Gasteiger partial charge in [-0.3, -0.25) is 19.2 Å². The van der Waals surface area contributed by atoms with E-state index in [0.29, 0.717) is 0 Å². The molecule has 0 amide bonds. The summed E-state index contributed by atoms with van der Waals surface area (Å²) in [5.74, 6) is -2.50. The second-order valence-electron chi connectivity index (χ2n) is 11.2. The Hall–Kier alpha value is -4.80. The molecule has 0 saturated carbocycles. The van der Waals surface area contributed by atoms with E-state index in [2.05, 4.69) is 119 Å². The van der Waals surface area contributed by atoms with Gasteiger partial charge in [0.1, 0.15) is 6.61 Å². The zero-order chi connectivity index (χ0) is 36.3. The van der Waals surface area contributed by atoms with Crippen molar-refractivity contribution in [2.45, 2.75) is 64.6 Å². The predicted molar refractivity (Wildman–Crippen MR) is 191 cm³/mol. The van der Waals surface area contributed by atoms with Crippen LogP contribution in [-0.4, -0.2) is 51.9 Å². The van der Waals surface area contributed by atoms with Crippen molar-refractivity contribution < 1.29 is 44.0 Å². The Kier molecular flexibility index (Phi) is 17.5. The lowest BCUT2D eigenvalue weighted by Crippen LogP contribution is -2.32. The third-order valence-corrected chi connectivity index (χ3v) is 7.62. The first-order chi connectivity index (χ1) is 23.3. The summed E-state index contributed by atoms with van der Waals surface area (Å²) in [6, 6.07) is 38.6. The number of hydrogen-bond acceptors (Lipinski definition) is 6. The van der Waals surface area contributed by atoms with Crippen molar-refractivity contribution in [1.29, 1.82) is 0 Å². The zero-order valence-electron chi connectivity index (χ0n) is 28.0. The molecule has 1 heterocycles. The lowest BCUT2D eigenvalue weighted by Gasteiger charge is -2.38. The van der Waals surface area contributed by atoms with E-state index in [1.54, 1.807) is 0 Å². The van der Waals surface area contributed by atoms with Crippen molar-refractivity contribution >= 4 is 39.8 Å². The first-order valence-electron chi connectivity index (χ1n) is 15.6. The summed E-state index contributed by atoms with van der Waals surface area (Å²) in [5.41, 5.74) is 6.26. The SMILES string of the molecule is CC(=O)O.CC(=O)O.CC(=O)O.CC(=O)OC[C@H]1CC[C@@H](c2ccccc2C(c2ccccc2)c2ccccc2)[C@@H](c2cccc(Br)c2)O1. The summed E-state index contributed by atoms with van der Waals surface area (Å²) >= 11 is 3.64. The number of ether oxygens (including phenoxy) is 2. The van der Waals surface area contributed by atoms with Crippen LogP contribution in [0.2, 0.25) is 0 Å². The number of carboxylic acid groups (broad SMARTS) is 3. The van der Waals surface area contributed by atoms with Gasteiger partial charge in [-0.25, -0.2) is 0 Å². The molecule has 0 bridgehead atoms. The van der Waals surface area contributed by atoms with E-state index in [4.69, 9.17) is 39.2 Å². The van der Waals surface area contributed by atoms with Crippen molar-refractivity contribution in [3.8, 4) is 0 Å². The molecular formula is C39H43BrO9. The molecule has 4 aromatic carbocycles. The second-order valence-corrected chi connectivity index (χ2v) is 12.1. The molecule has 0 aliphatic carbocycles. The minimum atomic E-state index is -0.833. The lowest BCUT2D eigenvalue weighted by atomic mass is 9.75. The number of benzene rings is 4. The monoisotopic (exact) mass is 734 g/mol. The number of halogens is 1. The number of carbonyl (C=O) groups is 4. The summed E-state index contributed by atoms with van der Waals surface area (Å²) < 4.78 is 13.1. The fraction of sp³-hybridized carbons (Fsp3) is 0.282. The van der Waals surface area contributed by atoms with Gasteiger partial charge in [-0.15, -0.1) is 0 Å². The molecule has 1 aliphatic rings. The van der Waals surface area contributed by atoms with Crippen LogP contribution in [0.1, 0.15) is 86.3 Å². The van der Waals surface area contributed by atoms with Crippen LogP contribution in [0.3, 0.4) is 0 Å². The Morgan fingerprint density at radius 3 is 1.69 bits per heavy atom. The molecule has 9 nitrogen and oxygen atoms in total. The molecule has 4 aromatic rings. The minimum absolute atomic E-state index is 0.112. The van der Waals surface area contributed by atoms with Gasteiger partial charge in [-0.05, 0) is 52.8 Å². The molecule has 0 unspecified atom stereocenters. The Morgan fingerprint density at radius 2 is 1.20 bits per heavy atom. The van der Waals surface area contributed by atoms with Crippen LogP contribution in [0.5, 0.6) is 0 Å². The van der Waals surface area contributed by atoms with E-state index in [9.17, 15) is 4.79 Å². The summed E-state index contributed by atoms with van der Waals surface area (Å²) in [7, 11) is 0. The van der Waals surface area contributed by atoms with Crippen LogP contribution < -0.4 is 0 Å². The van der Waals surface area contributed by atoms with E-state index >= 15 is 0 Å². The third kappa shape index (κ3) is 14.9. The Labute approximate surface area is 295 Å². The molecule has 49 heavy (non-hydrogen) atoms. The molecule has 0 aromatic heterocycles. The maximum atomic E-state index is 11.5. The van der Waals surface area contributed by atoms with Gasteiger partial charge in [0.15, 0.2) is 0 Å². The fourth-order valence-corrected chi connectivity index (χ4v) is 5.90. The minimum Gasteiger partial charge on any atom is -0.481 e. The molecule has 3 atom stereocenters. The lowest BCUT2D eigenvalue weighted by molar-refractivity contribution is -0.151. The molecule has 5 rings (SSSR count). The molecule has 3 N–H and O–H groups in total. The van der Waals surface area contributed by atoms with Crippen LogP contribution in [-0.2, 0) is 28.7 Å². The zero-order valence-corrected chi connectivity index (χ0v) is 29.6. The van der Waals surface area contributed by atoms with Crippen molar-refractivity contribution in [3.05, 3.63) is 141 Å². The number of aliphatic carboxylic acids is 3. The maximum Gasteiger partial charge on any atom is 0.302 e. The quantitative estimate of drug-likeness (QED) is 0.126. The molecule has 1 saturated heterocycles. The molecule has 0 radical (unpaired) electrons. The highest BCUT2D eigenvalue weighted by atomic mass is 79.9. The van der Waals surface area contributed by atoms with E-state index in [-0.39, 0.29) is 36.6 Å². The fourth-order valence-electron chi connectivity index (χ4n) is 5.49. The first-order valence-corrected chi connectivity index (χ1v) is 16.4. The average Bonchev–Trinajstić information content (AvgIpc) is 3.04. The highest BCUT2D eigenvalue weighted by Gasteiger charge is 2.36. The first kappa shape index (κ1) is 40.4. The second kappa shape index (κ2) is 21.2. The Bertz CT molecular complexity index is 1550. The normalized spacial score (nSPS) is 16.2. The van der Waals surface area contributed by atoms with Crippen molar-refractivity contribution in [2.24, 2.45) is 0 Å². The van der Waals surface area contributed by atoms with Crippen LogP contribution >= 0.6 is 15.9 Å². The van der Waals surface area contributed by atoms with E-state index in [0.717, 1.165) is 43.6 Å². The average molecular weight is 736 g/mol. The summed E-state index contributed by atoms with van der Waals surface area (Å²) in [5, 5.41) is 22.2. The summed E-state index contributed by atoms with van der Waals surface area (Å²) in [4.78, 5) is 38.5. The number of esters is 1. The number of carbonyl (C=O) groups excluding carboxylic acids is 1. The maximum absolute atomic E-state index is 11.5. The van der Waals surface area contributed by atoms with Crippen LogP contribution in [0, 0.1) is 0 Å².